The molecule has 0 aromatic carbocycles. The van der Waals surface area contributed by atoms with E-state index in [0.717, 1.165) is 12.0 Å². The molecule has 0 unspecified atom stereocenters. The first-order valence-corrected chi connectivity index (χ1v) is 5.15. The molecule has 0 bridgehead atoms. The molecule has 2 heterocycles. The Morgan fingerprint density at radius 2 is 2.29 bits per heavy atom. The summed E-state index contributed by atoms with van der Waals surface area (Å²) in [6.45, 7) is 0.791. The first-order valence-electron chi connectivity index (χ1n) is 4.27. The third kappa shape index (κ3) is 1.64. The maximum atomic E-state index is 12.2. The Balaban J connectivity index is 1.96. The molecule has 0 amide bonds. The number of carbonyl (C=O) groups is 1. The van der Waals surface area contributed by atoms with E-state index in [0.29, 0.717) is 18.0 Å². The van der Waals surface area contributed by atoms with Crippen molar-refractivity contribution in [3.63, 3.8) is 0 Å². The van der Waals surface area contributed by atoms with E-state index in [1.807, 2.05) is 10.3 Å². The summed E-state index contributed by atoms with van der Waals surface area (Å²) in [5.41, 5.74) is 0.883. The summed E-state index contributed by atoms with van der Waals surface area (Å²) < 4.78 is 24.3. The Hall–Kier alpha value is -0.970. The minimum Gasteiger partial charge on any atom is -0.370 e. The van der Waals surface area contributed by atoms with Crippen LogP contribution >= 0.6 is 11.3 Å². The second kappa shape index (κ2) is 3.65. The summed E-state index contributed by atoms with van der Waals surface area (Å²) in [5, 5.41) is 1.82. The molecule has 14 heavy (non-hydrogen) atoms. The Morgan fingerprint density at radius 1 is 1.57 bits per heavy atom. The van der Waals surface area contributed by atoms with E-state index in [9.17, 15) is 13.6 Å². The van der Waals surface area contributed by atoms with Crippen molar-refractivity contribution in [2.45, 2.75) is 6.43 Å². The van der Waals surface area contributed by atoms with Crippen molar-refractivity contribution in [1.82, 2.24) is 0 Å². The highest BCUT2D eigenvalue weighted by Gasteiger charge is 2.34. The van der Waals surface area contributed by atoms with Gasteiger partial charge < -0.3 is 4.90 Å². The molecule has 0 aliphatic carbocycles. The predicted octanol–water partition coefficient (Wildman–Crippen LogP) is 2.26. The summed E-state index contributed by atoms with van der Waals surface area (Å²) in [6, 6.07) is 1.74. The van der Waals surface area contributed by atoms with Crippen LogP contribution in [0.2, 0.25) is 0 Å². The van der Waals surface area contributed by atoms with E-state index in [1.54, 1.807) is 6.07 Å². The van der Waals surface area contributed by atoms with Crippen molar-refractivity contribution in [3.8, 4) is 0 Å². The normalized spacial score (nSPS) is 17.2. The molecule has 1 aromatic heterocycles. The molecule has 0 N–H and O–H groups in total. The molecular weight excluding hydrogens is 208 g/mol. The van der Waals surface area contributed by atoms with Crippen LogP contribution in [0.15, 0.2) is 11.4 Å². The first kappa shape index (κ1) is 9.58. The Labute approximate surface area is 84.1 Å². The fourth-order valence-electron chi connectivity index (χ4n) is 1.45. The zero-order valence-corrected chi connectivity index (χ0v) is 8.14. The molecule has 1 fully saturated rings. The third-order valence-corrected chi connectivity index (χ3v) is 3.20. The van der Waals surface area contributed by atoms with Crippen LogP contribution in [0, 0.1) is 5.92 Å². The van der Waals surface area contributed by atoms with Crippen LogP contribution in [0.5, 0.6) is 0 Å². The van der Waals surface area contributed by atoms with Crippen molar-refractivity contribution >= 4 is 23.3 Å². The SMILES string of the molecule is O=Cc1cc(N2CC(C(F)F)C2)cs1. The van der Waals surface area contributed by atoms with Crippen LogP contribution in [0.4, 0.5) is 14.5 Å². The monoisotopic (exact) mass is 217 g/mol. The van der Waals surface area contributed by atoms with E-state index in [-0.39, 0.29) is 0 Å². The van der Waals surface area contributed by atoms with Crippen LogP contribution in [0.25, 0.3) is 0 Å². The number of halogens is 2. The number of anilines is 1. The number of rotatable bonds is 3. The second-order valence-electron chi connectivity index (χ2n) is 3.32. The van der Waals surface area contributed by atoms with Gasteiger partial charge in [0, 0.05) is 24.2 Å². The van der Waals surface area contributed by atoms with E-state index in [4.69, 9.17) is 0 Å². The van der Waals surface area contributed by atoms with E-state index in [1.165, 1.54) is 11.3 Å². The zero-order valence-electron chi connectivity index (χ0n) is 7.32. The highest BCUT2D eigenvalue weighted by molar-refractivity contribution is 7.12. The zero-order chi connectivity index (χ0) is 10.1. The van der Waals surface area contributed by atoms with Crippen molar-refractivity contribution in [1.29, 1.82) is 0 Å². The predicted molar refractivity (Wildman–Crippen MR) is 51.4 cm³/mol. The van der Waals surface area contributed by atoms with Crippen LogP contribution < -0.4 is 4.90 Å². The lowest BCUT2D eigenvalue weighted by Crippen LogP contribution is -2.49. The number of alkyl halides is 2. The fraction of sp³-hybridized carbons (Fsp3) is 0.444. The number of carbonyl (C=O) groups excluding carboxylic acids is 1. The minimum absolute atomic E-state index is 0.396. The highest BCUT2D eigenvalue weighted by atomic mass is 32.1. The summed E-state index contributed by atoms with van der Waals surface area (Å²) in [6.07, 6.45) is -1.45. The van der Waals surface area contributed by atoms with Gasteiger partial charge in [0.25, 0.3) is 0 Å². The van der Waals surface area contributed by atoms with Crippen molar-refractivity contribution in [3.05, 3.63) is 16.3 Å². The van der Waals surface area contributed by atoms with Crippen molar-refractivity contribution < 1.29 is 13.6 Å². The van der Waals surface area contributed by atoms with Gasteiger partial charge in [-0.1, -0.05) is 0 Å². The van der Waals surface area contributed by atoms with E-state index < -0.39 is 12.3 Å². The minimum atomic E-state index is -2.23. The van der Waals surface area contributed by atoms with Gasteiger partial charge >= 0.3 is 0 Å². The Kier molecular flexibility index (Phi) is 2.50. The van der Waals surface area contributed by atoms with Crippen molar-refractivity contribution in [2.24, 2.45) is 5.92 Å². The molecule has 1 aliphatic rings. The molecule has 0 atom stereocenters. The fourth-order valence-corrected chi connectivity index (χ4v) is 2.17. The Bertz CT molecular complexity index is 333. The van der Waals surface area contributed by atoms with E-state index >= 15 is 0 Å². The van der Waals surface area contributed by atoms with Gasteiger partial charge in [-0.25, -0.2) is 8.78 Å². The Morgan fingerprint density at radius 3 is 2.79 bits per heavy atom. The summed E-state index contributed by atoms with van der Waals surface area (Å²) in [5.74, 6) is -0.505. The van der Waals surface area contributed by atoms with Gasteiger partial charge in [0.2, 0.25) is 6.43 Å². The largest absolute Gasteiger partial charge is 0.370 e. The molecule has 0 radical (unpaired) electrons. The first-order chi connectivity index (χ1) is 6.70. The molecule has 76 valence electrons. The molecule has 1 aromatic rings. The van der Waals surface area contributed by atoms with Crippen molar-refractivity contribution in [2.75, 3.05) is 18.0 Å². The van der Waals surface area contributed by atoms with Gasteiger partial charge in [-0.2, -0.15) is 0 Å². The van der Waals surface area contributed by atoms with Gasteiger partial charge in [0.05, 0.1) is 10.8 Å². The summed E-state index contributed by atoms with van der Waals surface area (Å²) >= 11 is 1.34. The number of hydrogen-bond donors (Lipinski definition) is 0. The van der Waals surface area contributed by atoms with Gasteiger partial charge in [-0.3, -0.25) is 4.79 Å². The average Bonchev–Trinajstić information content (AvgIpc) is 2.49. The van der Waals surface area contributed by atoms with Crippen LogP contribution in [-0.2, 0) is 0 Å². The lowest BCUT2D eigenvalue weighted by molar-refractivity contribution is 0.0614. The molecule has 1 saturated heterocycles. The number of nitrogens with zero attached hydrogens (tertiary/aromatic N) is 1. The maximum absolute atomic E-state index is 12.2. The summed E-state index contributed by atoms with van der Waals surface area (Å²) in [7, 11) is 0. The number of aldehydes is 1. The van der Waals surface area contributed by atoms with Crippen LogP contribution in [-0.4, -0.2) is 25.8 Å². The van der Waals surface area contributed by atoms with Gasteiger partial charge in [0.1, 0.15) is 0 Å². The number of thiophene rings is 1. The molecule has 1 aliphatic heterocycles. The molecule has 2 rings (SSSR count). The topological polar surface area (TPSA) is 20.3 Å². The second-order valence-corrected chi connectivity index (χ2v) is 4.27. The molecule has 5 heteroatoms. The lowest BCUT2D eigenvalue weighted by Gasteiger charge is -2.39. The average molecular weight is 217 g/mol. The molecule has 0 spiro atoms. The molecular formula is C9H9F2NOS. The van der Waals surface area contributed by atoms with Crippen LogP contribution in [0.3, 0.4) is 0 Å². The van der Waals surface area contributed by atoms with Gasteiger partial charge in [-0.05, 0) is 6.07 Å². The standard InChI is InChI=1S/C9H9F2NOS/c10-9(11)6-2-12(3-6)7-1-8(4-13)14-5-7/h1,4-6,9H,2-3H2. The van der Waals surface area contributed by atoms with Crippen LogP contribution in [0.1, 0.15) is 9.67 Å². The van der Waals surface area contributed by atoms with E-state index in [2.05, 4.69) is 0 Å². The third-order valence-electron chi connectivity index (χ3n) is 2.35. The smallest absolute Gasteiger partial charge is 0.244 e. The summed E-state index contributed by atoms with van der Waals surface area (Å²) in [4.78, 5) is 12.9. The maximum Gasteiger partial charge on any atom is 0.244 e. The lowest BCUT2D eigenvalue weighted by atomic mass is 10.0. The highest BCUT2D eigenvalue weighted by Crippen LogP contribution is 2.31. The molecule has 0 saturated carbocycles. The van der Waals surface area contributed by atoms with Gasteiger partial charge in [-0.15, -0.1) is 11.3 Å². The quantitative estimate of drug-likeness (QED) is 0.724. The molecule has 2 nitrogen and oxygen atoms in total. The number of hydrogen-bond acceptors (Lipinski definition) is 3. The van der Waals surface area contributed by atoms with Gasteiger partial charge in [0.15, 0.2) is 6.29 Å².